The van der Waals surface area contributed by atoms with Crippen LogP contribution in [0.4, 0.5) is 0 Å². The van der Waals surface area contributed by atoms with Gasteiger partial charge in [0.05, 0.1) is 16.3 Å². The maximum absolute atomic E-state index is 13.1. The summed E-state index contributed by atoms with van der Waals surface area (Å²) in [4.78, 5) is 27.5. The maximum atomic E-state index is 13.1. The lowest BCUT2D eigenvalue weighted by atomic mass is 9.94. The van der Waals surface area contributed by atoms with Crippen LogP contribution in [0.15, 0.2) is 81.3 Å². The first-order valence-electron chi connectivity index (χ1n) is 10.8. The third-order valence-electron chi connectivity index (χ3n) is 6.19. The zero-order valence-electron chi connectivity index (χ0n) is 18.4. The van der Waals surface area contributed by atoms with Crippen LogP contribution in [0.5, 0.6) is 0 Å². The number of benzene rings is 2. The average Bonchev–Trinajstić information content (AvgIpc) is 3.20. The van der Waals surface area contributed by atoms with Crippen LogP contribution in [-0.2, 0) is 29.2 Å². The first-order chi connectivity index (χ1) is 16.3. The molecule has 1 aliphatic rings. The van der Waals surface area contributed by atoms with E-state index in [0.29, 0.717) is 36.3 Å². The minimum atomic E-state index is -4.00. The molecule has 0 aliphatic heterocycles. The van der Waals surface area contributed by atoms with Crippen molar-refractivity contribution in [3.63, 3.8) is 0 Å². The quantitative estimate of drug-likeness (QED) is 0.457. The fraction of sp³-hybridized carbons (Fsp3) is 0.154. The Bertz CT molecular complexity index is 1580. The van der Waals surface area contributed by atoms with Crippen molar-refractivity contribution in [2.24, 2.45) is 0 Å². The number of hydrogen-bond donors (Lipinski definition) is 2. The molecule has 2 aromatic carbocycles. The molecule has 0 amide bonds. The molecule has 2 N–H and O–H groups in total. The number of rotatable bonds is 5. The van der Waals surface area contributed by atoms with Crippen LogP contribution >= 0.6 is 0 Å². The van der Waals surface area contributed by atoms with Crippen LogP contribution < -0.4 is 5.56 Å². The maximum Gasteiger partial charge on any atom is 0.352 e. The number of aromatic carboxylic acids is 1. The summed E-state index contributed by atoms with van der Waals surface area (Å²) in [6.45, 7) is 2.29. The molecule has 1 aliphatic carbocycles. The van der Waals surface area contributed by atoms with Gasteiger partial charge in [-0.1, -0.05) is 48.0 Å². The molecule has 8 heteroatoms. The van der Waals surface area contributed by atoms with Gasteiger partial charge in [0.2, 0.25) is 9.84 Å². The number of fused-ring (bicyclic) bond motifs is 3. The number of aryl methyl sites for hydroxylation is 3. The Hall–Kier alpha value is -3.91. The van der Waals surface area contributed by atoms with Crippen LogP contribution in [0.2, 0.25) is 0 Å². The Balaban J connectivity index is 1.67. The minimum absolute atomic E-state index is 0.0489. The molecule has 2 heterocycles. The fourth-order valence-corrected chi connectivity index (χ4v) is 5.83. The zero-order chi connectivity index (χ0) is 24.0. The highest BCUT2D eigenvalue weighted by molar-refractivity contribution is 7.91. The lowest BCUT2D eigenvalue weighted by Crippen LogP contribution is -2.22. The van der Waals surface area contributed by atoms with E-state index in [0.717, 1.165) is 16.7 Å². The number of carbonyl (C=O) groups is 1. The van der Waals surface area contributed by atoms with E-state index in [1.807, 2.05) is 31.2 Å². The number of sulfone groups is 1. The lowest BCUT2D eigenvalue weighted by Gasteiger charge is -2.21. The van der Waals surface area contributed by atoms with E-state index in [2.05, 4.69) is 4.98 Å². The lowest BCUT2D eigenvalue weighted by molar-refractivity contribution is 0.0686. The molecular weight excluding hydrogens is 452 g/mol. The highest BCUT2D eigenvalue weighted by Gasteiger charge is 2.29. The summed E-state index contributed by atoms with van der Waals surface area (Å²) in [7, 11) is -4.00. The number of aromatic amines is 1. The predicted molar refractivity (Wildman–Crippen MR) is 127 cm³/mol. The monoisotopic (exact) mass is 474 g/mol. The summed E-state index contributed by atoms with van der Waals surface area (Å²) in [5.41, 5.74) is 3.98. The average molecular weight is 475 g/mol. The number of carboxylic acid groups (broad SMARTS) is 1. The number of aromatic nitrogens is 2. The van der Waals surface area contributed by atoms with Crippen molar-refractivity contribution < 1.29 is 18.3 Å². The SMILES string of the molecule is Cc1ccc(Cn2c(C(=O)O)cc3c2-c2[nH]c(=O)c(S(=O)(=O)c4ccccc4)cc2CC3)cc1. The summed E-state index contributed by atoms with van der Waals surface area (Å²) in [5.74, 6) is -1.06. The van der Waals surface area contributed by atoms with E-state index in [1.54, 1.807) is 28.8 Å². The van der Waals surface area contributed by atoms with E-state index in [9.17, 15) is 23.1 Å². The summed E-state index contributed by atoms with van der Waals surface area (Å²) in [5, 5.41) is 9.84. The molecule has 0 radical (unpaired) electrons. The normalized spacial score (nSPS) is 12.7. The van der Waals surface area contributed by atoms with Crippen molar-refractivity contribution >= 4 is 15.8 Å². The van der Waals surface area contributed by atoms with E-state index in [1.165, 1.54) is 18.2 Å². The van der Waals surface area contributed by atoms with Gasteiger partial charge in [0.1, 0.15) is 10.6 Å². The number of nitrogens with zero attached hydrogens (tertiary/aromatic N) is 1. The van der Waals surface area contributed by atoms with E-state index in [4.69, 9.17) is 0 Å². The molecule has 172 valence electrons. The van der Waals surface area contributed by atoms with Gasteiger partial charge in [0.15, 0.2) is 0 Å². The molecule has 0 saturated carbocycles. The van der Waals surface area contributed by atoms with Gasteiger partial charge in [-0.25, -0.2) is 13.2 Å². The van der Waals surface area contributed by atoms with Gasteiger partial charge in [0.25, 0.3) is 5.56 Å². The molecule has 0 atom stereocenters. The highest BCUT2D eigenvalue weighted by atomic mass is 32.2. The number of pyridine rings is 1. The number of H-pyrrole nitrogens is 1. The fourth-order valence-electron chi connectivity index (χ4n) is 4.46. The highest BCUT2D eigenvalue weighted by Crippen LogP contribution is 2.36. The smallest absolute Gasteiger partial charge is 0.352 e. The Morgan fingerprint density at radius 1 is 1.00 bits per heavy atom. The van der Waals surface area contributed by atoms with Gasteiger partial charge in [-0.3, -0.25) is 4.79 Å². The third kappa shape index (κ3) is 3.66. The van der Waals surface area contributed by atoms with Crippen LogP contribution in [0.1, 0.15) is 32.7 Å². The molecule has 0 spiro atoms. The molecule has 0 bridgehead atoms. The number of hydrogen-bond acceptors (Lipinski definition) is 4. The van der Waals surface area contributed by atoms with Gasteiger partial charge in [0, 0.05) is 6.54 Å². The Kier molecular flexibility index (Phi) is 5.25. The minimum Gasteiger partial charge on any atom is -0.477 e. The van der Waals surface area contributed by atoms with Crippen LogP contribution in [0.3, 0.4) is 0 Å². The topological polar surface area (TPSA) is 109 Å². The van der Waals surface area contributed by atoms with Crippen molar-refractivity contribution in [3.05, 3.63) is 105 Å². The first kappa shape index (κ1) is 21.9. The van der Waals surface area contributed by atoms with Crippen LogP contribution in [0, 0.1) is 6.92 Å². The number of carboxylic acids is 1. The van der Waals surface area contributed by atoms with Crippen molar-refractivity contribution in [2.45, 2.75) is 36.1 Å². The zero-order valence-corrected chi connectivity index (χ0v) is 19.2. The molecule has 2 aromatic heterocycles. The second kappa shape index (κ2) is 8.14. The van der Waals surface area contributed by atoms with Gasteiger partial charge in [-0.2, -0.15) is 0 Å². The Morgan fingerprint density at radius 2 is 1.68 bits per heavy atom. The molecule has 0 fully saturated rings. The van der Waals surface area contributed by atoms with Crippen molar-refractivity contribution in [1.82, 2.24) is 9.55 Å². The summed E-state index contributed by atoms with van der Waals surface area (Å²) in [6, 6.07) is 18.7. The van der Waals surface area contributed by atoms with E-state index < -0.39 is 21.4 Å². The molecule has 7 nitrogen and oxygen atoms in total. The Labute approximate surface area is 196 Å². The number of nitrogens with one attached hydrogen (secondary N) is 1. The predicted octanol–water partition coefficient (Wildman–Crippen LogP) is 3.83. The van der Waals surface area contributed by atoms with Crippen molar-refractivity contribution in [3.8, 4) is 11.4 Å². The van der Waals surface area contributed by atoms with Gasteiger partial charge in [-0.05, 0) is 60.7 Å². The standard InChI is InChI=1S/C26H22N2O5S/c1-16-7-9-17(10-8-16)15-28-21(26(30)31)13-19-12-11-18-14-22(25(29)27-23(18)24(19)28)34(32,33)20-5-3-2-4-6-20/h2-10,13-14H,11-12,15H2,1H3,(H,27,29)(H,30,31). The van der Waals surface area contributed by atoms with Gasteiger partial charge in [-0.15, -0.1) is 0 Å². The first-order valence-corrected chi connectivity index (χ1v) is 12.3. The van der Waals surface area contributed by atoms with Crippen LogP contribution in [0.25, 0.3) is 11.4 Å². The summed E-state index contributed by atoms with van der Waals surface area (Å²) < 4.78 is 27.9. The second-order valence-corrected chi connectivity index (χ2v) is 10.4. The van der Waals surface area contributed by atoms with E-state index in [-0.39, 0.29) is 15.5 Å². The van der Waals surface area contributed by atoms with Crippen molar-refractivity contribution in [1.29, 1.82) is 0 Å². The molecule has 0 saturated heterocycles. The summed E-state index contributed by atoms with van der Waals surface area (Å²) >= 11 is 0. The molecule has 5 rings (SSSR count). The van der Waals surface area contributed by atoms with E-state index >= 15 is 0 Å². The summed E-state index contributed by atoms with van der Waals surface area (Å²) in [6.07, 6.45) is 1.03. The second-order valence-electron chi connectivity index (χ2n) is 8.46. The van der Waals surface area contributed by atoms with Gasteiger partial charge < -0.3 is 14.7 Å². The van der Waals surface area contributed by atoms with Crippen LogP contribution in [-0.4, -0.2) is 29.0 Å². The largest absolute Gasteiger partial charge is 0.477 e. The molecule has 4 aromatic rings. The third-order valence-corrected chi connectivity index (χ3v) is 7.96. The van der Waals surface area contributed by atoms with Gasteiger partial charge >= 0.3 is 5.97 Å². The molecular formula is C26H22N2O5S. The molecule has 34 heavy (non-hydrogen) atoms. The Morgan fingerprint density at radius 3 is 2.35 bits per heavy atom. The van der Waals surface area contributed by atoms with Crippen molar-refractivity contribution in [2.75, 3.05) is 0 Å². The molecule has 0 unspecified atom stereocenters.